The van der Waals surface area contributed by atoms with Gasteiger partial charge in [-0.2, -0.15) is 0 Å². The molecule has 0 unspecified atom stereocenters. The second-order valence-corrected chi connectivity index (χ2v) is 6.92. The SMILES string of the molecule is O=C(c1ccc(-c2cc3c(ccc4ccccc43)oc2=O)nc1)c1ccccc1O. The highest BCUT2D eigenvalue weighted by atomic mass is 16.4. The summed E-state index contributed by atoms with van der Waals surface area (Å²) in [5, 5.41) is 12.7. The van der Waals surface area contributed by atoms with Gasteiger partial charge in [-0.3, -0.25) is 9.78 Å². The summed E-state index contributed by atoms with van der Waals surface area (Å²) in [5.74, 6) is -0.433. The van der Waals surface area contributed by atoms with Crippen molar-refractivity contribution in [2.45, 2.75) is 0 Å². The van der Waals surface area contributed by atoms with Crippen molar-refractivity contribution in [3.05, 3.63) is 107 Å². The summed E-state index contributed by atoms with van der Waals surface area (Å²) in [4.78, 5) is 29.5. The molecule has 0 spiro atoms. The average Bonchev–Trinajstić information content (AvgIpc) is 2.78. The summed E-state index contributed by atoms with van der Waals surface area (Å²) in [7, 11) is 0. The quantitative estimate of drug-likeness (QED) is 0.267. The van der Waals surface area contributed by atoms with Crippen molar-refractivity contribution in [3.8, 4) is 17.0 Å². The zero-order valence-electron chi connectivity index (χ0n) is 15.7. The van der Waals surface area contributed by atoms with Crippen LogP contribution in [0.25, 0.3) is 33.0 Å². The number of aromatic hydroxyl groups is 1. The van der Waals surface area contributed by atoms with E-state index in [4.69, 9.17) is 4.42 Å². The molecule has 0 atom stereocenters. The fourth-order valence-corrected chi connectivity index (χ4v) is 3.56. The highest BCUT2D eigenvalue weighted by molar-refractivity contribution is 6.10. The molecule has 2 heterocycles. The average molecular weight is 393 g/mol. The van der Waals surface area contributed by atoms with Crippen LogP contribution >= 0.6 is 0 Å². The molecule has 0 saturated heterocycles. The zero-order chi connectivity index (χ0) is 20.7. The van der Waals surface area contributed by atoms with Gasteiger partial charge < -0.3 is 9.52 Å². The van der Waals surface area contributed by atoms with E-state index in [1.54, 1.807) is 42.5 Å². The first-order chi connectivity index (χ1) is 14.6. The minimum Gasteiger partial charge on any atom is -0.507 e. The predicted octanol–water partition coefficient (Wildman–Crippen LogP) is 4.94. The lowest BCUT2D eigenvalue weighted by atomic mass is 10.0. The van der Waals surface area contributed by atoms with Crippen LogP contribution in [-0.2, 0) is 0 Å². The summed E-state index contributed by atoms with van der Waals surface area (Å²) < 4.78 is 5.52. The van der Waals surface area contributed by atoms with Crippen LogP contribution in [0.15, 0.2) is 94.3 Å². The zero-order valence-corrected chi connectivity index (χ0v) is 15.7. The number of fused-ring (bicyclic) bond motifs is 3. The first-order valence-corrected chi connectivity index (χ1v) is 9.36. The number of phenolic OH excluding ortho intramolecular Hbond substituents is 1. The van der Waals surface area contributed by atoms with Crippen LogP contribution in [-0.4, -0.2) is 15.9 Å². The molecule has 0 amide bonds. The molecule has 0 fully saturated rings. The third-order valence-electron chi connectivity index (χ3n) is 5.09. The number of aromatic nitrogens is 1. The van der Waals surface area contributed by atoms with Crippen molar-refractivity contribution in [1.29, 1.82) is 0 Å². The van der Waals surface area contributed by atoms with Crippen molar-refractivity contribution >= 4 is 27.5 Å². The minimum absolute atomic E-state index is 0.0892. The molecule has 5 heteroatoms. The van der Waals surface area contributed by atoms with E-state index < -0.39 is 5.63 Å². The lowest BCUT2D eigenvalue weighted by Gasteiger charge is -2.07. The molecule has 144 valence electrons. The van der Waals surface area contributed by atoms with E-state index in [1.807, 2.05) is 30.3 Å². The van der Waals surface area contributed by atoms with Crippen molar-refractivity contribution in [1.82, 2.24) is 4.98 Å². The molecule has 5 nitrogen and oxygen atoms in total. The van der Waals surface area contributed by atoms with Crippen LogP contribution < -0.4 is 5.63 Å². The van der Waals surface area contributed by atoms with Gasteiger partial charge in [0.2, 0.25) is 0 Å². The Hall–Kier alpha value is -4.25. The minimum atomic E-state index is -0.495. The number of nitrogens with zero attached hydrogens (tertiary/aromatic N) is 1. The fourth-order valence-electron chi connectivity index (χ4n) is 3.56. The summed E-state index contributed by atoms with van der Waals surface area (Å²) >= 11 is 0. The lowest BCUT2D eigenvalue weighted by Crippen LogP contribution is -2.06. The molecule has 0 aliphatic carbocycles. The Morgan fingerprint density at radius 1 is 0.867 bits per heavy atom. The Balaban J connectivity index is 1.59. The first kappa shape index (κ1) is 17.8. The molecule has 0 aliphatic heterocycles. The van der Waals surface area contributed by atoms with E-state index in [0.29, 0.717) is 22.4 Å². The number of hydrogen-bond acceptors (Lipinski definition) is 5. The van der Waals surface area contributed by atoms with E-state index in [2.05, 4.69) is 4.98 Å². The van der Waals surface area contributed by atoms with Crippen LogP contribution in [0.4, 0.5) is 0 Å². The van der Waals surface area contributed by atoms with Gasteiger partial charge in [0.25, 0.3) is 0 Å². The summed E-state index contributed by atoms with van der Waals surface area (Å²) in [5.41, 5.74) is 1.26. The Labute approximate surface area is 170 Å². The normalized spacial score (nSPS) is 11.1. The molecule has 0 radical (unpaired) electrons. The van der Waals surface area contributed by atoms with Gasteiger partial charge in [-0.15, -0.1) is 0 Å². The van der Waals surface area contributed by atoms with Gasteiger partial charge in [0.15, 0.2) is 5.78 Å². The Bertz CT molecular complexity index is 1480. The van der Waals surface area contributed by atoms with E-state index in [1.165, 1.54) is 12.3 Å². The second kappa shape index (κ2) is 6.97. The molecule has 2 aromatic heterocycles. The molecular formula is C25H15NO4. The molecule has 0 bridgehead atoms. The van der Waals surface area contributed by atoms with E-state index in [0.717, 1.165) is 16.2 Å². The van der Waals surface area contributed by atoms with Crippen LogP contribution in [0.3, 0.4) is 0 Å². The Morgan fingerprint density at radius 3 is 2.47 bits per heavy atom. The number of hydrogen-bond donors (Lipinski definition) is 1. The molecule has 0 aliphatic rings. The van der Waals surface area contributed by atoms with Gasteiger partial charge in [0.1, 0.15) is 11.3 Å². The van der Waals surface area contributed by atoms with Gasteiger partial charge in [0.05, 0.1) is 16.8 Å². The molecule has 3 aromatic carbocycles. The topological polar surface area (TPSA) is 80.4 Å². The number of benzene rings is 3. The summed E-state index contributed by atoms with van der Waals surface area (Å²) in [6, 6.07) is 22.9. The Kier molecular flexibility index (Phi) is 4.14. The van der Waals surface area contributed by atoms with Crippen molar-refractivity contribution in [2.24, 2.45) is 0 Å². The van der Waals surface area contributed by atoms with Gasteiger partial charge in [-0.05, 0) is 47.2 Å². The van der Waals surface area contributed by atoms with Gasteiger partial charge in [-0.1, -0.05) is 42.5 Å². The number of carbonyl (C=O) groups excluding carboxylic acids is 1. The van der Waals surface area contributed by atoms with E-state index in [9.17, 15) is 14.7 Å². The summed E-state index contributed by atoms with van der Waals surface area (Å²) in [6.45, 7) is 0. The third kappa shape index (κ3) is 2.93. The fraction of sp³-hybridized carbons (Fsp3) is 0. The van der Waals surface area contributed by atoms with E-state index in [-0.39, 0.29) is 17.1 Å². The smallest absolute Gasteiger partial charge is 0.345 e. The molecule has 1 N–H and O–H groups in total. The first-order valence-electron chi connectivity index (χ1n) is 9.36. The van der Waals surface area contributed by atoms with Gasteiger partial charge in [-0.25, -0.2) is 4.79 Å². The maximum Gasteiger partial charge on any atom is 0.345 e. The van der Waals surface area contributed by atoms with Gasteiger partial charge >= 0.3 is 5.63 Å². The van der Waals surface area contributed by atoms with Crippen LogP contribution in [0.2, 0.25) is 0 Å². The maximum absolute atomic E-state index is 12.6. The molecular weight excluding hydrogens is 378 g/mol. The number of pyridine rings is 1. The summed E-state index contributed by atoms with van der Waals surface area (Å²) in [6.07, 6.45) is 1.40. The van der Waals surface area contributed by atoms with Crippen LogP contribution in [0.1, 0.15) is 15.9 Å². The molecule has 5 aromatic rings. The number of rotatable bonds is 3. The second-order valence-electron chi connectivity index (χ2n) is 6.92. The van der Waals surface area contributed by atoms with Crippen LogP contribution in [0, 0.1) is 0 Å². The largest absolute Gasteiger partial charge is 0.507 e. The standard InChI is InChI=1S/C25H15NO4/c27-22-8-4-3-7-18(22)24(28)16-9-11-21(26-14-16)20-13-19-17-6-2-1-5-15(17)10-12-23(19)30-25(20)29/h1-14,27H. The van der Waals surface area contributed by atoms with Crippen molar-refractivity contribution in [3.63, 3.8) is 0 Å². The monoisotopic (exact) mass is 393 g/mol. The number of para-hydroxylation sites is 1. The molecule has 30 heavy (non-hydrogen) atoms. The number of carbonyl (C=O) groups is 1. The van der Waals surface area contributed by atoms with Gasteiger partial charge in [0, 0.05) is 17.1 Å². The van der Waals surface area contributed by atoms with E-state index >= 15 is 0 Å². The predicted molar refractivity (Wildman–Crippen MR) is 115 cm³/mol. The molecule has 5 rings (SSSR count). The number of phenols is 1. The third-order valence-corrected chi connectivity index (χ3v) is 5.09. The van der Waals surface area contributed by atoms with Crippen molar-refractivity contribution < 1.29 is 14.3 Å². The number of ketones is 1. The van der Waals surface area contributed by atoms with Crippen LogP contribution in [0.5, 0.6) is 5.75 Å². The highest BCUT2D eigenvalue weighted by Crippen LogP contribution is 2.27. The highest BCUT2D eigenvalue weighted by Gasteiger charge is 2.15. The maximum atomic E-state index is 12.6. The Morgan fingerprint density at radius 2 is 1.67 bits per heavy atom. The molecule has 0 saturated carbocycles. The van der Waals surface area contributed by atoms with Crippen molar-refractivity contribution in [2.75, 3.05) is 0 Å². The lowest BCUT2D eigenvalue weighted by molar-refractivity contribution is 0.103.